The molecule has 2 nitrogen and oxygen atoms in total. The second-order valence-corrected chi connectivity index (χ2v) is 4.04. The van der Waals surface area contributed by atoms with E-state index in [1.807, 2.05) is 24.8 Å². The summed E-state index contributed by atoms with van der Waals surface area (Å²) in [6, 6.07) is 5.20. The summed E-state index contributed by atoms with van der Waals surface area (Å²) in [5, 5.41) is 8.92. The van der Waals surface area contributed by atoms with Gasteiger partial charge in [0.1, 0.15) is 6.07 Å². The molecular weight excluding hydrogens is 253 g/mol. The highest BCUT2D eigenvalue weighted by Gasteiger charge is 2.31. The summed E-state index contributed by atoms with van der Waals surface area (Å²) in [7, 11) is 0. The average Bonchev–Trinajstić information content (AvgIpc) is 2.93. The van der Waals surface area contributed by atoms with E-state index in [-0.39, 0.29) is 5.56 Å². The van der Waals surface area contributed by atoms with Gasteiger partial charge in [0.05, 0.1) is 16.8 Å². The summed E-state index contributed by atoms with van der Waals surface area (Å²) in [5.74, 6) is 0. The van der Waals surface area contributed by atoms with Crippen LogP contribution in [-0.2, 0) is 6.18 Å². The number of rotatable bonds is 1. The van der Waals surface area contributed by atoms with Crippen molar-refractivity contribution in [3.8, 4) is 6.07 Å². The Morgan fingerprint density at radius 1 is 1.16 bits per heavy atom. The second kappa shape index (κ2) is 6.46. The van der Waals surface area contributed by atoms with Gasteiger partial charge in [-0.15, -0.1) is 0 Å². The van der Waals surface area contributed by atoms with Crippen LogP contribution >= 0.6 is 0 Å². The lowest BCUT2D eigenvalue weighted by atomic mass is 10.1. The van der Waals surface area contributed by atoms with Gasteiger partial charge in [-0.3, -0.25) is 0 Å². The highest BCUT2D eigenvalue weighted by molar-refractivity contribution is 5.61. The van der Waals surface area contributed by atoms with Crippen LogP contribution in [0, 0.1) is 11.3 Å². The molecule has 0 unspecified atom stereocenters. The maximum atomic E-state index is 12.5. The molecule has 1 aliphatic rings. The molecule has 1 heterocycles. The van der Waals surface area contributed by atoms with Crippen LogP contribution < -0.4 is 4.90 Å². The van der Waals surface area contributed by atoms with Crippen molar-refractivity contribution in [2.75, 3.05) is 18.0 Å². The van der Waals surface area contributed by atoms with Crippen LogP contribution in [0.5, 0.6) is 0 Å². The molecule has 104 valence electrons. The third kappa shape index (κ3) is 3.63. The van der Waals surface area contributed by atoms with Crippen LogP contribution in [0.25, 0.3) is 0 Å². The van der Waals surface area contributed by atoms with Crippen molar-refractivity contribution in [3.05, 3.63) is 29.3 Å². The van der Waals surface area contributed by atoms with Gasteiger partial charge in [0, 0.05) is 13.1 Å². The summed E-state index contributed by atoms with van der Waals surface area (Å²) in [6.07, 6.45) is -2.35. The first-order chi connectivity index (χ1) is 9.02. The Morgan fingerprint density at radius 2 is 1.74 bits per heavy atom. The molecule has 0 saturated carbocycles. The standard InChI is InChI=1S/C12H11F3N2.C2H6/c13-12(14,15)10-3-4-11(9(7-10)8-16)17-5-1-2-6-17;1-2/h3-4,7H,1-2,5-6H2;1-2H3. The molecule has 5 heteroatoms. The molecule has 2 rings (SSSR count). The Hall–Kier alpha value is -1.70. The molecule has 0 atom stereocenters. The minimum Gasteiger partial charge on any atom is -0.370 e. The molecular formula is C14H17F3N2. The number of nitriles is 1. The molecule has 1 fully saturated rings. The summed E-state index contributed by atoms with van der Waals surface area (Å²) in [5.41, 5.74) is -0.0586. The number of alkyl halides is 3. The SMILES string of the molecule is CC.N#Cc1cc(C(F)(F)F)ccc1N1CCCC1. The van der Waals surface area contributed by atoms with Gasteiger partial charge in [-0.05, 0) is 31.0 Å². The van der Waals surface area contributed by atoms with Crippen LogP contribution in [0.1, 0.15) is 37.8 Å². The normalized spacial score (nSPS) is 14.6. The fraction of sp³-hybridized carbons (Fsp3) is 0.500. The number of nitrogens with zero attached hydrogens (tertiary/aromatic N) is 2. The fourth-order valence-corrected chi connectivity index (χ4v) is 2.04. The summed E-state index contributed by atoms with van der Waals surface area (Å²) in [6.45, 7) is 5.61. The average molecular weight is 270 g/mol. The lowest BCUT2D eigenvalue weighted by Gasteiger charge is -2.19. The number of benzene rings is 1. The van der Waals surface area contributed by atoms with E-state index in [1.165, 1.54) is 6.07 Å². The van der Waals surface area contributed by atoms with Gasteiger partial charge in [-0.25, -0.2) is 0 Å². The van der Waals surface area contributed by atoms with Gasteiger partial charge < -0.3 is 4.90 Å². The van der Waals surface area contributed by atoms with E-state index in [1.54, 1.807) is 0 Å². The van der Waals surface area contributed by atoms with Crippen molar-refractivity contribution in [3.63, 3.8) is 0 Å². The van der Waals surface area contributed by atoms with E-state index in [0.717, 1.165) is 38.1 Å². The third-order valence-electron chi connectivity index (χ3n) is 2.89. The van der Waals surface area contributed by atoms with E-state index < -0.39 is 11.7 Å². The van der Waals surface area contributed by atoms with Gasteiger partial charge in [0.2, 0.25) is 0 Å². The van der Waals surface area contributed by atoms with Crippen LogP contribution in [-0.4, -0.2) is 13.1 Å². The number of halogens is 3. The third-order valence-corrected chi connectivity index (χ3v) is 2.89. The van der Waals surface area contributed by atoms with Gasteiger partial charge >= 0.3 is 6.18 Å². The molecule has 0 bridgehead atoms. The van der Waals surface area contributed by atoms with Crippen molar-refractivity contribution in [2.45, 2.75) is 32.9 Å². The van der Waals surface area contributed by atoms with E-state index in [0.29, 0.717) is 5.69 Å². The molecule has 1 aliphatic heterocycles. The fourth-order valence-electron chi connectivity index (χ4n) is 2.04. The minimum absolute atomic E-state index is 0.0988. The molecule has 0 aliphatic carbocycles. The van der Waals surface area contributed by atoms with Crippen LogP contribution in [0.2, 0.25) is 0 Å². The summed E-state index contributed by atoms with van der Waals surface area (Å²) in [4.78, 5) is 1.96. The first-order valence-electron chi connectivity index (χ1n) is 6.38. The Kier molecular flexibility index (Phi) is 5.22. The minimum atomic E-state index is -4.39. The zero-order valence-corrected chi connectivity index (χ0v) is 11.1. The highest BCUT2D eigenvalue weighted by atomic mass is 19.4. The van der Waals surface area contributed by atoms with Gasteiger partial charge in [-0.1, -0.05) is 13.8 Å². The second-order valence-electron chi connectivity index (χ2n) is 4.04. The predicted molar refractivity (Wildman–Crippen MR) is 69.0 cm³/mol. The van der Waals surface area contributed by atoms with Crippen molar-refractivity contribution < 1.29 is 13.2 Å². The predicted octanol–water partition coefficient (Wildman–Crippen LogP) is 4.20. The zero-order valence-electron chi connectivity index (χ0n) is 11.1. The van der Waals surface area contributed by atoms with Crippen molar-refractivity contribution in [1.82, 2.24) is 0 Å². The number of hydrogen-bond acceptors (Lipinski definition) is 2. The topological polar surface area (TPSA) is 27.0 Å². The molecule has 1 saturated heterocycles. The smallest absolute Gasteiger partial charge is 0.370 e. The molecule has 19 heavy (non-hydrogen) atoms. The lowest BCUT2D eigenvalue weighted by Crippen LogP contribution is -2.19. The van der Waals surface area contributed by atoms with E-state index in [4.69, 9.17) is 5.26 Å². The molecule has 1 aromatic rings. The first kappa shape index (κ1) is 15.4. The molecule has 0 radical (unpaired) electrons. The van der Waals surface area contributed by atoms with Crippen LogP contribution in [0.15, 0.2) is 18.2 Å². The Labute approximate surface area is 111 Å². The van der Waals surface area contributed by atoms with Crippen molar-refractivity contribution in [1.29, 1.82) is 5.26 Å². The van der Waals surface area contributed by atoms with E-state index >= 15 is 0 Å². The van der Waals surface area contributed by atoms with Gasteiger partial charge in [-0.2, -0.15) is 18.4 Å². The number of hydrogen-bond donors (Lipinski definition) is 0. The quantitative estimate of drug-likeness (QED) is 0.764. The van der Waals surface area contributed by atoms with Crippen LogP contribution in [0.4, 0.5) is 18.9 Å². The zero-order chi connectivity index (χ0) is 14.5. The Morgan fingerprint density at radius 3 is 2.21 bits per heavy atom. The van der Waals surface area contributed by atoms with Crippen molar-refractivity contribution >= 4 is 5.69 Å². The molecule has 0 aromatic heterocycles. The summed E-state index contributed by atoms with van der Waals surface area (Å²) < 4.78 is 37.5. The van der Waals surface area contributed by atoms with Crippen molar-refractivity contribution in [2.24, 2.45) is 0 Å². The monoisotopic (exact) mass is 270 g/mol. The molecule has 1 aromatic carbocycles. The Balaban J connectivity index is 0.000000861. The maximum Gasteiger partial charge on any atom is 0.416 e. The number of anilines is 1. The molecule has 0 amide bonds. The van der Waals surface area contributed by atoms with Gasteiger partial charge in [0.15, 0.2) is 0 Å². The lowest BCUT2D eigenvalue weighted by molar-refractivity contribution is -0.137. The first-order valence-corrected chi connectivity index (χ1v) is 6.38. The van der Waals surface area contributed by atoms with E-state index in [2.05, 4.69) is 0 Å². The molecule has 0 N–H and O–H groups in total. The van der Waals surface area contributed by atoms with Crippen LogP contribution in [0.3, 0.4) is 0 Å². The van der Waals surface area contributed by atoms with E-state index in [9.17, 15) is 13.2 Å². The maximum absolute atomic E-state index is 12.5. The summed E-state index contributed by atoms with van der Waals surface area (Å²) >= 11 is 0. The highest BCUT2D eigenvalue weighted by Crippen LogP contribution is 2.33. The Bertz CT molecular complexity index is 455. The largest absolute Gasteiger partial charge is 0.416 e. The molecule has 0 spiro atoms. The van der Waals surface area contributed by atoms with Gasteiger partial charge in [0.25, 0.3) is 0 Å².